The Morgan fingerprint density at radius 3 is 2.34 bits per heavy atom. The van der Waals surface area contributed by atoms with Gasteiger partial charge in [-0.05, 0) is 35.4 Å². The van der Waals surface area contributed by atoms with Gasteiger partial charge in [-0.25, -0.2) is 14.8 Å². The number of nitrogens with two attached hydrogens (primary N) is 1. The monoisotopic (exact) mass is 432 g/mol. The van der Waals surface area contributed by atoms with E-state index in [-0.39, 0.29) is 6.03 Å². The summed E-state index contributed by atoms with van der Waals surface area (Å²) in [6, 6.07) is 14.6. The average Bonchev–Trinajstić information content (AvgIpc) is 3.38. The Balaban J connectivity index is 1.79. The molecule has 0 spiro atoms. The number of carbonyl (C=O) groups excluding carboxylic acids is 1. The Labute approximate surface area is 185 Å². The molecule has 2 amide bonds. The lowest BCUT2D eigenvalue weighted by atomic mass is 9.84. The van der Waals surface area contributed by atoms with E-state index in [1.165, 1.54) is 12.7 Å². The highest BCUT2D eigenvalue weighted by atomic mass is 16.5. The minimum Gasteiger partial charge on any atom is -0.497 e. The first kappa shape index (κ1) is 21.0. The van der Waals surface area contributed by atoms with Crippen LogP contribution in [0, 0.1) is 0 Å². The van der Waals surface area contributed by atoms with Crippen LogP contribution in [-0.4, -0.2) is 41.5 Å². The summed E-state index contributed by atoms with van der Waals surface area (Å²) in [7, 11) is 3.21. The van der Waals surface area contributed by atoms with E-state index in [1.54, 1.807) is 19.1 Å². The molecule has 1 aliphatic rings. The van der Waals surface area contributed by atoms with Crippen LogP contribution in [0.15, 0.2) is 72.1 Å². The number of carbonyl (C=O) groups is 1. The van der Waals surface area contributed by atoms with E-state index in [4.69, 9.17) is 15.2 Å². The first-order valence-corrected chi connectivity index (χ1v) is 9.88. The average molecular weight is 432 g/mol. The molecular weight excluding hydrogens is 408 g/mol. The van der Waals surface area contributed by atoms with Crippen LogP contribution in [0.2, 0.25) is 0 Å². The zero-order valence-corrected chi connectivity index (χ0v) is 17.8. The second-order valence-corrected chi connectivity index (χ2v) is 7.17. The van der Waals surface area contributed by atoms with Crippen molar-refractivity contribution in [1.82, 2.24) is 20.2 Å². The first-order chi connectivity index (χ1) is 15.5. The van der Waals surface area contributed by atoms with E-state index in [0.717, 1.165) is 16.9 Å². The van der Waals surface area contributed by atoms with Gasteiger partial charge in [0.1, 0.15) is 17.2 Å². The topological polar surface area (TPSA) is 118 Å². The molecule has 1 aromatic heterocycles. The molecule has 3 aromatic rings. The molecule has 9 heteroatoms. The van der Waals surface area contributed by atoms with Crippen LogP contribution in [0.3, 0.4) is 0 Å². The number of benzene rings is 2. The van der Waals surface area contributed by atoms with Crippen LogP contribution < -0.4 is 20.5 Å². The molecule has 2 heterocycles. The summed E-state index contributed by atoms with van der Waals surface area (Å²) < 4.78 is 10.5. The zero-order valence-electron chi connectivity index (χ0n) is 17.8. The van der Waals surface area contributed by atoms with Gasteiger partial charge in [0, 0.05) is 0 Å². The van der Waals surface area contributed by atoms with Crippen molar-refractivity contribution in [2.24, 2.45) is 10.7 Å². The molecular formula is C23H24N6O3. The highest BCUT2D eigenvalue weighted by Crippen LogP contribution is 2.44. The number of ether oxygens (including phenoxy) is 2. The van der Waals surface area contributed by atoms with E-state index < -0.39 is 5.54 Å². The number of aliphatic imine (C=N–C) groups is 1. The Kier molecular flexibility index (Phi) is 5.55. The number of rotatable bonds is 7. The number of imidazole rings is 1. The summed E-state index contributed by atoms with van der Waals surface area (Å²) in [5.41, 5.74) is 7.08. The highest BCUT2D eigenvalue weighted by Gasteiger charge is 2.51. The van der Waals surface area contributed by atoms with Crippen LogP contribution in [0.5, 0.6) is 11.5 Å². The number of hydrogen-bond acceptors (Lipinski definition) is 5. The van der Waals surface area contributed by atoms with Gasteiger partial charge in [0.25, 0.3) is 0 Å². The molecule has 0 radical (unpaired) electrons. The van der Waals surface area contributed by atoms with Gasteiger partial charge in [0.15, 0.2) is 11.4 Å². The summed E-state index contributed by atoms with van der Waals surface area (Å²) in [6.45, 7) is 4.62. The second-order valence-electron chi connectivity index (χ2n) is 7.17. The summed E-state index contributed by atoms with van der Waals surface area (Å²) in [4.78, 5) is 26.4. The fraction of sp³-hybridized carbons (Fsp3) is 0.174. The summed E-state index contributed by atoms with van der Waals surface area (Å²) in [6.07, 6.45) is 2.68. The van der Waals surface area contributed by atoms with Crippen molar-refractivity contribution in [3.8, 4) is 11.5 Å². The lowest BCUT2D eigenvalue weighted by Crippen LogP contribution is -2.41. The molecule has 1 aliphatic heterocycles. The van der Waals surface area contributed by atoms with E-state index >= 15 is 0 Å². The number of urea groups is 1. The fourth-order valence-electron chi connectivity index (χ4n) is 3.85. The van der Waals surface area contributed by atoms with Crippen molar-refractivity contribution in [2.45, 2.75) is 12.1 Å². The van der Waals surface area contributed by atoms with Gasteiger partial charge in [-0.3, -0.25) is 4.90 Å². The second kappa shape index (κ2) is 8.46. The highest BCUT2D eigenvalue weighted by molar-refractivity contribution is 5.84. The van der Waals surface area contributed by atoms with Gasteiger partial charge in [-0.2, -0.15) is 0 Å². The minimum atomic E-state index is -1.14. The molecule has 1 atom stereocenters. The fourth-order valence-corrected chi connectivity index (χ4v) is 3.85. The predicted molar refractivity (Wildman–Crippen MR) is 121 cm³/mol. The number of H-pyrrole nitrogens is 1. The largest absolute Gasteiger partial charge is 0.497 e. The van der Waals surface area contributed by atoms with Gasteiger partial charge in [-0.15, -0.1) is 0 Å². The van der Waals surface area contributed by atoms with Gasteiger partial charge < -0.3 is 25.5 Å². The minimum absolute atomic E-state index is 0.299. The Morgan fingerprint density at radius 2 is 1.75 bits per heavy atom. The number of methoxy groups -OCH3 is 2. The van der Waals surface area contributed by atoms with Crippen molar-refractivity contribution < 1.29 is 14.3 Å². The zero-order chi connectivity index (χ0) is 22.7. The van der Waals surface area contributed by atoms with Crippen molar-refractivity contribution in [3.05, 3.63) is 84.0 Å². The van der Waals surface area contributed by atoms with Gasteiger partial charge in [0.05, 0.1) is 39.1 Å². The summed E-state index contributed by atoms with van der Waals surface area (Å²) in [5.74, 6) is 1.86. The van der Waals surface area contributed by atoms with Gasteiger partial charge in [0.2, 0.25) is 0 Å². The third kappa shape index (κ3) is 3.43. The van der Waals surface area contributed by atoms with E-state index in [2.05, 4.69) is 26.9 Å². The van der Waals surface area contributed by atoms with E-state index in [9.17, 15) is 4.79 Å². The number of aromatic nitrogens is 2. The Hall–Kier alpha value is -4.27. The number of aromatic amines is 1. The maximum Gasteiger partial charge on any atom is 0.323 e. The van der Waals surface area contributed by atoms with Crippen molar-refractivity contribution in [2.75, 3.05) is 14.2 Å². The molecule has 1 unspecified atom stereocenters. The van der Waals surface area contributed by atoms with Crippen LogP contribution in [0.4, 0.5) is 10.6 Å². The third-order valence-electron chi connectivity index (χ3n) is 5.50. The normalized spacial score (nSPS) is 18.2. The predicted octanol–water partition coefficient (Wildman–Crippen LogP) is 3.03. The Morgan fingerprint density at radius 1 is 1.12 bits per heavy atom. The van der Waals surface area contributed by atoms with Crippen LogP contribution in [0.1, 0.15) is 16.8 Å². The molecule has 0 aliphatic carbocycles. The SMILES string of the molecule is C=C1N(Cc2ccc(OC)cc2)C(=O)NC1(c1ccc(OC)cc1)c1nc[nH]c1/N=C\N. The maximum absolute atomic E-state index is 13.2. The van der Waals surface area contributed by atoms with E-state index in [0.29, 0.717) is 29.5 Å². The summed E-state index contributed by atoms with van der Waals surface area (Å²) in [5, 5.41) is 3.09. The number of amides is 2. The van der Waals surface area contributed by atoms with Crippen LogP contribution in [0.25, 0.3) is 0 Å². The molecule has 9 nitrogen and oxygen atoms in total. The molecule has 164 valence electrons. The van der Waals surface area contributed by atoms with Gasteiger partial charge >= 0.3 is 6.03 Å². The maximum atomic E-state index is 13.2. The molecule has 1 fully saturated rings. The van der Waals surface area contributed by atoms with Crippen molar-refractivity contribution in [1.29, 1.82) is 0 Å². The molecule has 0 bridgehead atoms. The standard InChI is InChI=1S/C23H24N6O3/c1-15-23(17-6-10-19(32-3)11-7-17,20-21(25-13-24)27-14-26-20)28-22(30)29(15)12-16-4-8-18(31-2)9-5-16/h4-11,13-14H,1,12H2,2-3H3,(H2,24,25)(H,26,27)(H,28,30). The molecule has 4 N–H and O–H groups in total. The lowest BCUT2D eigenvalue weighted by molar-refractivity contribution is 0.221. The number of hydrogen-bond donors (Lipinski definition) is 3. The molecule has 4 rings (SSSR count). The third-order valence-corrected chi connectivity index (χ3v) is 5.50. The Bertz CT molecular complexity index is 1150. The number of nitrogens with one attached hydrogen (secondary N) is 2. The molecule has 2 aromatic carbocycles. The quantitative estimate of drug-likeness (QED) is 0.392. The number of nitrogens with zero attached hydrogens (tertiary/aromatic N) is 3. The summed E-state index contributed by atoms with van der Waals surface area (Å²) >= 11 is 0. The first-order valence-electron chi connectivity index (χ1n) is 9.88. The van der Waals surface area contributed by atoms with E-state index in [1.807, 2.05) is 48.5 Å². The molecule has 1 saturated heterocycles. The lowest BCUT2D eigenvalue weighted by Gasteiger charge is -2.30. The molecule has 32 heavy (non-hydrogen) atoms. The van der Waals surface area contributed by atoms with Crippen molar-refractivity contribution in [3.63, 3.8) is 0 Å². The van der Waals surface area contributed by atoms with Crippen LogP contribution >= 0.6 is 0 Å². The van der Waals surface area contributed by atoms with Crippen LogP contribution in [-0.2, 0) is 12.1 Å². The smallest absolute Gasteiger partial charge is 0.323 e. The molecule has 0 saturated carbocycles. The van der Waals surface area contributed by atoms with Gasteiger partial charge in [-0.1, -0.05) is 30.8 Å². The van der Waals surface area contributed by atoms with Crippen molar-refractivity contribution >= 4 is 18.2 Å².